The molecule has 1 aliphatic carbocycles. The van der Waals surface area contributed by atoms with Crippen molar-refractivity contribution in [2.75, 3.05) is 11.9 Å². The Morgan fingerprint density at radius 1 is 1.28 bits per heavy atom. The number of fused-ring (bicyclic) bond motifs is 3. The third-order valence-electron chi connectivity index (χ3n) is 5.03. The van der Waals surface area contributed by atoms with Crippen molar-refractivity contribution in [1.82, 2.24) is 9.97 Å². The number of aliphatic carboxylic acids is 1. The molecule has 1 unspecified atom stereocenters. The molecular weight excluding hydrogens is 410 g/mol. The minimum absolute atomic E-state index is 0.378. The normalized spacial score (nSPS) is 14.6. The van der Waals surface area contributed by atoms with Crippen molar-refractivity contribution in [3.8, 4) is 0 Å². The Morgan fingerprint density at radius 3 is 2.79 bits per heavy atom. The predicted octanol–water partition coefficient (Wildman–Crippen LogP) is 5.00. The summed E-state index contributed by atoms with van der Waals surface area (Å²) in [6, 6.07) is 7.70. The lowest BCUT2D eigenvalue weighted by Crippen LogP contribution is -2.13. The van der Waals surface area contributed by atoms with Crippen molar-refractivity contribution in [2.24, 2.45) is 0 Å². The van der Waals surface area contributed by atoms with E-state index in [9.17, 15) is 4.79 Å². The minimum atomic E-state index is -1.01. The summed E-state index contributed by atoms with van der Waals surface area (Å²) in [7, 11) is 0. The molecule has 29 heavy (non-hydrogen) atoms. The molecule has 0 aliphatic heterocycles. The van der Waals surface area contributed by atoms with Crippen molar-refractivity contribution in [2.45, 2.75) is 45.3 Å². The van der Waals surface area contributed by atoms with Crippen molar-refractivity contribution in [1.29, 1.82) is 0 Å². The maximum Gasteiger partial charge on any atom is 0.329 e. The second-order valence-electron chi connectivity index (χ2n) is 7.15. The number of rotatable bonds is 7. The van der Waals surface area contributed by atoms with Gasteiger partial charge in [0.2, 0.25) is 0 Å². The van der Waals surface area contributed by atoms with Crippen LogP contribution >= 0.6 is 22.9 Å². The van der Waals surface area contributed by atoms with Gasteiger partial charge in [-0.15, -0.1) is 11.3 Å². The molecule has 2 heterocycles. The standard InChI is InChI=1S/C21H22ClN3O3S/c1-12(28-11-17(26)27)19-24-20(23-10-13-6-8-14(22)9-7-13)18-15-4-2-3-5-16(15)29-21(18)25-19/h6-9,12H,2-5,10-11H2,1H3,(H,26,27)(H,23,24,25). The van der Waals surface area contributed by atoms with Gasteiger partial charge in [0.25, 0.3) is 0 Å². The molecule has 0 saturated heterocycles. The first kappa shape index (κ1) is 20.1. The molecule has 152 valence electrons. The fraction of sp³-hybridized carbons (Fsp3) is 0.381. The molecule has 0 saturated carbocycles. The first-order chi connectivity index (χ1) is 14.0. The van der Waals surface area contributed by atoms with Crippen LogP contribution < -0.4 is 5.32 Å². The van der Waals surface area contributed by atoms with Gasteiger partial charge in [-0.1, -0.05) is 23.7 Å². The Kier molecular flexibility index (Phi) is 5.99. The topological polar surface area (TPSA) is 84.3 Å². The molecule has 0 spiro atoms. The van der Waals surface area contributed by atoms with Gasteiger partial charge in [0, 0.05) is 16.4 Å². The number of benzene rings is 1. The van der Waals surface area contributed by atoms with Gasteiger partial charge in [0.05, 0.1) is 5.39 Å². The molecule has 1 aromatic carbocycles. The van der Waals surface area contributed by atoms with E-state index in [4.69, 9.17) is 31.4 Å². The third kappa shape index (κ3) is 4.52. The SMILES string of the molecule is CC(OCC(=O)O)c1nc(NCc2ccc(Cl)cc2)c2c3c(sc2n1)CCCC3. The number of hydrogen-bond donors (Lipinski definition) is 2. The number of nitrogens with one attached hydrogen (secondary N) is 1. The lowest BCUT2D eigenvalue weighted by atomic mass is 9.97. The summed E-state index contributed by atoms with van der Waals surface area (Å²) in [6.07, 6.45) is 3.98. The highest BCUT2D eigenvalue weighted by molar-refractivity contribution is 7.19. The fourth-order valence-corrected chi connectivity index (χ4v) is 4.94. The van der Waals surface area contributed by atoms with Crippen LogP contribution in [0.1, 0.15) is 47.7 Å². The molecule has 0 radical (unpaired) electrons. The second kappa shape index (κ2) is 8.65. The number of thiophene rings is 1. The molecule has 6 nitrogen and oxygen atoms in total. The Hall–Kier alpha value is -2.22. The molecule has 8 heteroatoms. The zero-order valence-electron chi connectivity index (χ0n) is 16.1. The van der Waals surface area contributed by atoms with Crippen LogP contribution in [0.3, 0.4) is 0 Å². The number of anilines is 1. The van der Waals surface area contributed by atoms with Crippen LogP contribution in [0, 0.1) is 0 Å². The van der Waals surface area contributed by atoms with E-state index >= 15 is 0 Å². The third-order valence-corrected chi connectivity index (χ3v) is 6.46. The van der Waals surface area contributed by atoms with E-state index in [2.05, 4.69) is 5.32 Å². The highest BCUT2D eigenvalue weighted by Gasteiger charge is 2.23. The predicted molar refractivity (Wildman–Crippen MR) is 115 cm³/mol. The Labute approximate surface area is 177 Å². The summed E-state index contributed by atoms with van der Waals surface area (Å²) in [5.41, 5.74) is 2.45. The number of carboxylic acid groups (broad SMARTS) is 1. The largest absolute Gasteiger partial charge is 0.480 e. The maximum atomic E-state index is 10.8. The number of carbonyl (C=O) groups is 1. The first-order valence-corrected chi connectivity index (χ1v) is 10.8. The van der Waals surface area contributed by atoms with Gasteiger partial charge in [-0.25, -0.2) is 14.8 Å². The van der Waals surface area contributed by atoms with Crippen LogP contribution in [-0.4, -0.2) is 27.7 Å². The summed E-state index contributed by atoms with van der Waals surface area (Å²) >= 11 is 7.70. The first-order valence-electron chi connectivity index (χ1n) is 9.65. The van der Waals surface area contributed by atoms with Gasteiger partial charge in [0.1, 0.15) is 23.4 Å². The molecule has 3 aromatic rings. The Bertz CT molecular complexity index is 1040. The van der Waals surface area contributed by atoms with Gasteiger partial charge in [-0.3, -0.25) is 0 Å². The van der Waals surface area contributed by atoms with Gasteiger partial charge in [-0.2, -0.15) is 0 Å². The van der Waals surface area contributed by atoms with Gasteiger partial charge < -0.3 is 15.2 Å². The Morgan fingerprint density at radius 2 is 2.03 bits per heavy atom. The molecular formula is C21H22ClN3O3S. The van der Waals surface area contributed by atoms with Crippen LogP contribution in [0.4, 0.5) is 5.82 Å². The van der Waals surface area contributed by atoms with Gasteiger partial charge in [0.15, 0.2) is 5.82 Å². The zero-order valence-corrected chi connectivity index (χ0v) is 17.6. The summed E-state index contributed by atoms with van der Waals surface area (Å²) in [5.74, 6) is 0.270. The average molecular weight is 432 g/mol. The van der Waals surface area contributed by atoms with Gasteiger partial charge >= 0.3 is 5.97 Å². The summed E-state index contributed by atoms with van der Waals surface area (Å²) in [6.45, 7) is 2.01. The van der Waals surface area contributed by atoms with E-state index in [0.717, 1.165) is 34.4 Å². The van der Waals surface area contributed by atoms with E-state index in [1.54, 1.807) is 18.3 Å². The molecule has 2 N–H and O–H groups in total. The highest BCUT2D eigenvalue weighted by atomic mass is 35.5. The maximum absolute atomic E-state index is 10.8. The molecule has 0 bridgehead atoms. The molecule has 1 atom stereocenters. The van der Waals surface area contributed by atoms with Crippen molar-refractivity contribution >= 4 is 44.9 Å². The quantitative estimate of drug-likeness (QED) is 0.547. The van der Waals surface area contributed by atoms with Crippen molar-refractivity contribution in [3.63, 3.8) is 0 Å². The van der Waals surface area contributed by atoms with Gasteiger partial charge in [-0.05, 0) is 55.9 Å². The van der Waals surface area contributed by atoms with Crippen molar-refractivity contribution in [3.05, 3.63) is 51.1 Å². The van der Waals surface area contributed by atoms with E-state index in [1.165, 1.54) is 23.3 Å². The number of hydrogen-bond acceptors (Lipinski definition) is 6. The minimum Gasteiger partial charge on any atom is -0.480 e. The van der Waals surface area contributed by atoms with E-state index in [1.807, 2.05) is 24.3 Å². The average Bonchev–Trinajstić information content (AvgIpc) is 3.10. The highest BCUT2D eigenvalue weighted by Crippen LogP contribution is 2.39. The summed E-state index contributed by atoms with van der Waals surface area (Å²) in [4.78, 5) is 22.6. The van der Waals surface area contributed by atoms with Crippen molar-refractivity contribution < 1.29 is 14.6 Å². The fourth-order valence-electron chi connectivity index (χ4n) is 3.54. The number of carboxylic acids is 1. The lowest BCUT2D eigenvalue weighted by molar-refractivity contribution is -0.144. The molecule has 0 fully saturated rings. The number of halogens is 1. The molecule has 4 rings (SSSR count). The van der Waals surface area contributed by atoms with Crippen LogP contribution in [0.2, 0.25) is 5.02 Å². The Balaban J connectivity index is 1.69. The summed E-state index contributed by atoms with van der Waals surface area (Å²) < 4.78 is 5.41. The summed E-state index contributed by atoms with van der Waals surface area (Å²) in [5, 5.41) is 14.1. The number of aryl methyl sites for hydroxylation is 2. The van der Waals surface area contributed by atoms with Crippen LogP contribution in [0.5, 0.6) is 0 Å². The molecule has 1 aliphatic rings. The zero-order chi connectivity index (χ0) is 20.4. The second-order valence-corrected chi connectivity index (χ2v) is 8.67. The number of nitrogens with zero attached hydrogens (tertiary/aromatic N) is 2. The lowest BCUT2D eigenvalue weighted by Gasteiger charge is -2.15. The van der Waals surface area contributed by atoms with E-state index < -0.39 is 12.1 Å². The number of aromatic nitrogens is 2. The number of ether oxygens (including phenoxy) is 1. The van der Waals surface area contributed by atoms with E-state index in [0.29, 0.717) is 17.4 Å². The van der Waals surface area contributed by atoms with E-state index in [-0.39, 0.29) is 6.61 Å². The van der Waals surface area contributed by atoms with Crippen LogP contribution in [-0.2, 0) is 28.9 Å². The molecule has 0 amide bonds. The van der Waals surface area contributed by atoms with Crippen LogP contribution in [0.25, 0.3) is 10.2 Å². The smallest absolute Gasteiger partial charge is 0.329 e. The molecule has 2 aromatic heterocycles. The monoisotopic (exact) mass is 431 g/mol. The van der Waals surface area contributed by atoms with Crippen LogP contribution in [0.15, 0.2) is 24.3 Å².